The molecule has 0 radical (unpaired) electrons. The number of nitrogens with zero attached hydrogens (tertiary/aromatic N) is 1. The van der Waals surface area contributed by atoms with Gasteiger partial charge in [-0.3, -0.25) is 4.90 Å². The molecule has 0 amide bonds. The molecule has 0 unspecified atom stereocenters. The lowest BCUT2D eigenvalue weighted by Gasteiger charge is -2.16. The summed E-state index contributed by atoms with van der Waals surface area (Å²) in [6, 6.07) is 31.3. The summed E-state index contributed by atoms with van der Waals surface area (Å²) in [5.74, 6) is 1.17. The molecule has 5 aromatic rings. The lowest BCUT2D eigenvalue weighted by atomic mass is 9.95. The fraction of sp³-hybridized carbons (Fsp3) is 0.235. The average molecular weight is 520 g/mol. The molecule has 6 rings (SSSR count). The minimum absolute atomic E-state index is 0.289. The van der Waals surface area contributed by atoms with E-state index < -0.39 is 0 Å². The molecule has 1 aliphatic heterocycles. The highest BCUT2D eigenvalue weighted by molar-refractivity contribution is 7.22. The first-order chi connectivity index (χ1) is 18.6. The second-order valence-electron chi connectivity index (χ2n) is 10.3. The number of benzene rings is 4. The molecule has 4 aromatic carbocycles. The number of fused-ring (bicyclic) bond motifs is 1. The Morgan fingerprint density at radius 1 is 0.842 bits per heavy atom. The van der Waals surface area contributed by atoms with E-state index in [-0.39, 0.29) is 5.75 Å². The van der Waals surface area contributed by atoms with Gasteiger partial charge in [0.25, 0.3) is 0 Å². The Morgan fingerprint density at radius 2 is 1.63 bits per heavy atom. The molecule has 0 aliphatic carbocycles. The van der Waals surface area contributed by atoms with Gasteiger partial charge >= 0.3 is 0 Å². The first-order valence-corrected chi connectivity index (χ1v) is 14.3. The van der Waals surface area contributed by atoms with Crippen LogP contribution in [0.5, 0.6) is 11.5 Å². The standard InChI is InChI=1S/C34H33NO2S/c1-24-19-26(22-35-17-5-6-18-35)9-10-28(24)20-32-31-16-15-30(37-23-25-7-3-2-4-8-25)21-33(31)38-34(32)27-11-13-29(36)14-12-27/h2-4,7-16,19,21,36H,5-6,17-18,20,22-23H2,1H3. The molecule has 1 aliphatic rings. The Kier molecular flexibility index (Phi) is 7.17. The summed E-state index contributed by atoms with van der Waals surface area (Å²) in [7, 11) is 0. The smallest absolute Gasteiger partial charge is 0.121 e. The van der Waals surface area contributed by atoms with E-state index in [1.54, 1.807) is 23.5 Å². The van der Waals surface area contributed by atoms with E-state index >= 15 is 0 Å². The molecular weight excluding hydrogens is 486 g/mol. The molecule has 0 spiro atoms. The van der Waals surface area contributed by atoms with Crippen molar-refractivity contribution in [2.75, 3.05) is 13.1 Å². The van der Waals surface area contributed by atoms with Crippen LogP contribution in [0.4, 0.5) is 0 Å². The summed E-state index contributed by atoms with van der Waals surface area (Å²) < 4.78 is 7.36. The maximum atomic E-state index is 9.89. The van der Waals surface area contributed by atoms with E-state index in [4.69, 9.17) is 4.74 Å². The Morgan fingerprint density at radius 3 is 2.39 bits per heavy atom. The summed E-state index contributed by atoms with van der Waals surface area (Å²) in [4.78, 5) is 3.81. The third kappa shape index (κ3) is 5.47. The van der Waals surface area contributed by atoms with Crippen LogP contribution in [0.15, 0.2) is 91.0 Å². The number of likely N-dealkylation sites (tertiary alicyclic amines) is 1. The fourth-order valence-corrected chi connectivity index (χ4v) is 6.68. The third-order valence-electron chi connectivity index (χ3n) is 7.52. The van der Waals surface area contributed by atoms with Crippen molar-refractivity contribution >= 4 is 21.4 Å². The zero-order valence-electron chi connectivity index (χ0n) is 21.8. The van der Waals surface area contributed by atoms with E-state index in [2.05, 4.69) is 60.4 Å². The molecule has 192 valence electrons. The SMILES string of the molecule is Cc1cc(CN2CCCC2)ccc1Cc1c(-c2ccc(O)cc2)sc2cc(OCc3ccccc3)ccc12. The molecule has 38 heavy (non-hydrogen) atoms. The van der Waals surface area contributed by atoms with Gasteiger partial charge in [-0.15, -0.1) is 11.3 Å². The van der Waals surface area contributed by atoms with Gasteiger partial charge in [0, 0.05) is 16.1 Å². The number of hydrogen-bond acceptors (Lipinski definition) is 4. The van der Waals surface area contributed by atoms with E-state index in [1.165, 1.54) is 63.1 Å². The molecule has 2 heterocycles. The number of ether oxygens (including phenoxy) is 1. The number of aryl methyl sites for hydroxylation is 1. The van der Waals surface area contributed by atoms with Gasteiger partial charge in [-0.1, -0.05) is 48.5 Å². The lowest BCUT2D eigenvalue weighted by molar-refractivity contribution is 0.306. The second kappa shape index (κ2) is 11.0. The molecule has 0 atom stereocenters. The van der Waals surface area contributed by atoms with Gasteiger partial charge in [0.05, 0.1) is 0 Å². The van der Waals surface area contributed by atoms with Crippen LogP contribution in [0, 0.1) is 6.92 Å². The first kappa shape index (κ1) is 24.7. The van der Waals surface area contributed by atoms with Crippen molar-refractivity contribution in [2.45, 2.75) is 39.3 Å². The Labute approximate surface area is 229 Å². The van der Waals surface area contributed by atoms with Crippen LogP contribution >= 0.6 is 11.3 Å². The van der Waals surface area contributed by atoms with Crippen molar-refractivity contribution in [3.05, 3.63) is 119 Å². The maximum Gasteiger partial charge on any atom is 0.121 e. The maximum absolute atomic E-state index is 9.89. The van der Waals surface area contributed by atoms with Crippen molar-refractivity contribution in [1.29, 1.82) is 0 Å². The van der Waals surface area contributed by atoms with Crippen molar-refractivity contribution in [1.82, 2.24) is 4.90 Å². The van der Waals surface area contributed by atoms with Crippen LogP contribution in [0.25, 0.3) is 20.5 Å². The van der Waals surface area contributed by atoms with E-state index in [0.29, 0.717) is 6.61 Å². The van der Waals surface area contributed by atoms with Gasteiger partial charge in [-0.2, -0.15) is 0 Å². The average Bonchev–Trinajstić information content (AvgIpc) is 3.58. The number of phenolic OH excluding ortho intramolecular Hbond substituents is 1. The van der Waals surface area contributed by atoms with Crippen molar-refractivity contribution < 1.29 is 9.84 Å². The summed E-state index contributed by atoms with van der Waals surface area (Å²) in [5, 5.41) is 11.2. The topological polar surface area (TPSA) is 32.7 Å². The van der Waals surface area contributed by atoms with Gasteiger partial charge in [-0.05, 0) is 121 Å². The normalized spacial score (nSPS) is 13.8. The quantitative estimate of drug-likeness (QED) is 0.224. The van der Waals surface area contributed by atoms with Gasteiger partial charge in [0.15, 0.2) is 0 Å². The largest absolute Gasteiger partial charge is 0.508 e. The molecule has 3 nitrogen and oxygen atoms in total. The first-order valence-electron chi connectivity index (χ1n) is 13.4. The van der Waals surface area contributed by atoms with Crippen molar-refractivity contribution in [3.8, 4) is 21.9 Å². The van der Waals surface area contributed by atoms with E-state index in [9.17, 15) is 5.11 Å². The molecular formula is C34H33NO2S. The van der Waals surface area contributed by atoms with Gasteiger partial charge in [0.1, 0.15) is 18.1 Å². The number of hydrogen-bond donors (Lipinski definition) is 1. The lowest BCUT2D eigenvalue weighted by Crippen LogP contribution is -2.18. The highest BCUT2D eigenvalue weighted by atomic mass is 32.1. The molecule has 1 fully saturated rings. The molecule has 1 aromatic heterocycles. The zero-order valence-corrected chi connectivity index (χ0v) is 22.6. The zero-order chi connectivity index (χ0) is 25.9. The van der Waals surface area contributed by atoms with Crippen LogP contribution in [0.2, 0.25) is 0 Å². The Hall–Kier alpha value is -3.60. The Balaban J connectivity index is 1.32. The van der Waals surface area contributed by atoms with Gasteiger partial charge in [0.2, 0.25) is 0 Å². The summed E-state index contributed by atoms with van der Waals surface area (Å²) in [5.41, 5.74) is 7.74. The van der Waals surface area contributed by atoms with Crippen LogP contribution in [-0.4, -0.2) is 23.1 Å². The molecule has 1 N–H and O–H groups in total. The van der Waals surface area contributed by atoms with E-state index in [1.807, 2.05) is 30.3 Å². The van der Waals surface area contributed by atoms with Gasteiger partial charge in [-0.25, -0.2) is 0 Å². The Bertz CT molecular complexity index is 1530. The fourth-order valence-electron chi connectivity index (χ4n) is 5.43. The van der Waals surface area contributed by atoms with Crippen molar-refractivity contribution in [3.63, 3.8) is 0 Å². The predicted octanol–water partition coefficient (Wildman–Crippen LogP) is 8.35. The number of phenols is 1. The van der Waals surface area contributed by atoms with E-state index in [0.717, 1.165) is 29.8 Å². The minimum atomic E-state index is 0.289. The van der Waals surface area contributed by atoms with Crippen LogP contribution in [0.3, 0.4) is 0 Å². The third-order valence-corrected chi connectivity index (χ3v) is 8.77. The molecule has 4 heteroatoms. The van der Waals surface area contributed by atoms with Crippen LogP contribution < -0.4 is 4.74 Å². The number of rotatable bonds is 8. The molecule has 1 saturated heterocycles. The molecule has 0 bridgehead atoms. The summed E-state index contributed by atoms with van der Waals surface area (Å²) >= 11 is 1.80. The predicted molar refractivity (Wildman–Crippen MR) is 158 cm³/mol. The van der Waals surface area contributed by atoms with Crippen LogP contribution in [0.1, 0.15) is 40.7 Å². The number of thiophene rings is 1. The monoisotopic (exact) mass is 519 g/mol. The number of aromatic hydroxyl groups is 1. The van der Waals surface area contributed by atoms with Crippen LogP contribution in [-0.2, 0) is 19.6 Å². The van der Waals surface area contributed by atoms with Gasteiger partial charge < -0.3 is 9.84 Å². The highest BCUT2D eigenvalue weighted by Gasteiger charge is 2.17. The summed E-state index contributed by atoms with van der Waals surface area (Å²) in [6.45, 7) is 6.28. The second-order valence-corrected chi connectivity index (χ2v) is 11.4. The summed E-state index contributed by atoms with van der Waals surface area (Å²) in [6.07, 6.45) is 3.51. The molecule has 0 saturated carbocycles. The minimum Gasteiger partial charge on any atom is -0.508 e. The van der Waals surface area contributed by atoms with Crippen molar-refractivity contribution in [2.24, 2.45) is 0 Å². The highest BCUT2D eigenvalue weighted by Crippen LogP contribution is 2.42.